The van der Waals surface area contributed by atoms with Crippen molar-refractivity contribution in [3.05, 3.63) is 0 Å². The lowest BCUT2D eigenvalue weighted by molar-refractivity contribution is -0.289. The van der Waals surface area contributed by atoms with E-state index in [0.717, 1.165) is 12.5 Å². The van der Waals surface area contributed by atoms with Crippen LogP contribution in [0.1, 0.15) is 139 Å². The van der Waals surface area contributed by atoms with Crippen LogP contribution in [0.5, 0.6) is 0 Å². The minimum atomic E-state index is 0.0759. The maximum absolute atomic E-state index is 6.48. The summed E-state index contributed by atoms with van der Waals surface area (Å²) in [5.74, 6) is 0.777. The van der Waals surface area contributed by atoms with Crippen LogP contribution in [0.4, 0.5) is 0 Å². The molecule has 1 heterocycles. The lowest BCUT2D eigenvalue weighted by atomic mass is 9.78. The van der Waals surface area contributed by atoms with Gasteiger partial charge < -0.3 is 0 Å². The van der Waals surface area contributed by atoms with Gasteiger partial charge in [0.15, 0.2) is 0 Å². The van der Waals surface area contributed by atoms with Crippen LogP contribution in [0.3, 0.4) is 0 Å². The summed E-state index contributed by atoms with van der Waals surface area (Å²) in [6.07, 6.45) is 17.1. The molecule has 0 aromatic heterocycles. The highest BCUT2D eigenvalue weighted by Crippen LogP contribution is 2.41. The highest BCUT2D eigenvalue weighted by Gasteiger charge is 2.47. The molecule has 1 aliphatic heterocycles. The van der Waals surface area contributed by atoms with Crippen molar-refractivity contribution in [2.45, 2.75) is 156 Å². The zero-order chi connectivity index (χ0) is 23.3. The third-order valence-corrected chi connectivity index (χ3v) is 7.35. The first kappa shape index (κ1) is 28.9. The molecule has 0 bridgehead atoms. The highest BCUT2D eigenvalue weighted by atomic mass is 16.7. The van der Waals surface area contributed by atoms with E-state index in [1.807, 2.05) is 0 Å². The first-order valence-corrected chi connectivity index (χ1v) is 13.8. The molecule has 1 rings (SSSR count). The molecular formula is C28H58N2O. The smallest absolute Gasteiger partial charge is 0.0685 e. The number of unbranched alkanes of at least 4 members (excludes halogenated alkanes) is 8. The van der Waals surface area contributed by atoms with Gasteiger partial charge in [-0.05, 0) is 65.8 Å². The number of piperidine rings is 1. The van der Waals surface area contributed by atoms with Gasteiger partial charge in [-0.15, -0.1) is 0 Å². The van der Waals surface area contributed by atoms with Gasteiger partial charge in [-0.25, -0.2) is 0 Å². The van der Waals surface area contributed by atoms with E-state index in [-0.39, 0.29) is 11.1 Å². The molecule has 0 spiro atoms. The van der Waals surface area contributed by atoms with E-state index in [1.165, 1.54) is 96.6 Å². The SMILES string of the molecule is CCCCCCCCCCON1C(C)(C)CC(N(CCCC)CC(C)CC)CC1(C)C. The Balaban J connectivity index is 2.56. The van der Waals surface area contributed by atoms with Gasteiger partial charge in [-0.2, -0.15) is 5.06 Å². The Morgan fingerprint density at radius 1 is 0.806 bits per heavy atom. The van der Waals surface area contributed by atoms with Gasteiger partial charge in [0.1, 0.15) is 0 Å². The number of hydroxylamine groups is 2. The standard InChI is InChI=1S/C28H58N2O/c1-9-12-14-15-16-17-18-19-21-31-30-27(5,6)22-26(23-28(30,7)8)29(20-13-10-2)24-25(4)11-3/h25-26H,9-24H2,1-8H3. The Hall–Kier alpha value is -0.120. The lowest BCUT2D eigenvalue weighted by Gasteiger charge is -2.56. The minimum Gasteiger partial charge on any atom is -0.300 e. The number of nitrogens with zero attached hydrogens (tertiary/aromatic N) is 2. The molecule has 0 amide bonds. The van der Waals surface area contributed by atoms with Gasteiger partial charge in [0, 0.05) is 23.7 Å². The summed E-state index contributed by atoms with van der Waals surface area (Å²) < 4.78 is 0. The van der Waals surface area contributed by atoms with E-state index < -0.39 is 0 Å². The van der Waals surface area contributed by atoms with Crippen molar-refractivity contribution in [1.29, 1.82) is 0 Å². The highest BCUT2D eigenvalue weighted by molar-refractivity contribution is 5.00. The molecule has 1 unspecified atom stereocenters. The summed E-state index contributed by atoms with van der Waals surface area (Å²) in [6.45, 7) is 22.3. The van der Waals surface area contributed by atoms with Gasteiger partial charge in [0.05, 0.1) is 6.61 Å². The first-order valence-electron chi connectivity index (χ1n) is 13.8. The summed E-state index contributed by atoms with van der Waals surface area (Å²) in [4.78, 5) is 9.30. The Morgan fingerprint density at radius 2 is 1.32 bits per heavy atom. The molecule has 1 aliphatic rings. The van der Waals surface area contributed by atoms with Crippen LogP contribution in [0.25, 0.3) is 0 Å². The Kier molecular flexibility index (Phi) is 13.9. The second-order valence-electron chi connectivity index (χ2n) is 11.7. The molecule has 1 fully saturated rings. The Labute approximate surface area is 196 Å². The van der Waals surface area contributed by atoms with Crippen molar-refractivity contribution in [3.63, 3.8) is 0 Å². The molecule has 0 saturated carbocycles. The predicted molar refractivity (Wildman–Crippen MR) is 138 cm³/mol. The Morgan fingerprint density at radius 3 is 1.84 bits per heavy atom. The van der Waals surface area contributed by atoms with Gasteiger partial charge >= 0.3 is 0 Å². The first-order chi connectivity index (χ1) is 14.7. The van der Waals surface area contributed by atoms with Crippen molar-refractivity contribution in [2.24, 2.45) is 5.92 Å². The zero-order valence-electron chi connectivity index (χ0n) is 22.8. The van der Waals surface area contributed by atoms with Crippen LogP contribution in [0.15, 0.2) is 0 Å². The fourth-order valence-electron chi connectivity index (χ4n) is 5.52. The zero-order valence-corrected chi connectivity index (χ0v) is 22.8. The predicted octanol–water partition coefficient (Wildman–Crippen LogP) is 8.23. The second kappa shape index (κ2) is 14.9. The van der Waals surface area contributed by atoms with E-state index in [9.17, 15) is 0 Å². The molecule has 186 valence electrons. The Bertz CT molecular complexity index is 430. The van der Waals surface area contributed by atoms with Gasteiger partial charge in [-0.1, -0.05) is 85.5 Å². The lowest BCUT2D eigenvalue weighted by Crippen LogP contribution is -2.64. The average Bonchev–Trinajstić information content (AvgIpc) is 2.70. The van der Waals surface area contributed by atoms with Crippen LogP contribution in [-0.4, -0.2) is 46.8 Å². The van der Waals surface area contributed by atoms with Crippen LogP contribution < -0.4 is 0 Å². The van der Waals surface area contributed by atoms with Crippen LogP contribution >= 0.6 is 0 Å². The van der Waals surface area contributed by atoms with Crippen LogP contribution in [0, 0.1) is 5.92 Å². The van der Waals surface area contributed by atoms with Crippen molar-refractivity contribution in [1.82, 2.24) is 9.96 Å². The van der Waals surface area contributed by atoms with Crippen molar-refractivity contribution >= 4 is 0 Å². The summed E-state index contributed by atoms with van der Waals surface area (Å²) in [5.41, 5.74) is 0.152. The summed E-state index contributed by atoms with van der Waals surface area (Å²) in [6, 6.07) is 0.661. The van der Waals surface area contributed by atoms with E-state index in [4.69, 9.17) is 4.84 Å². The molecule has 31 heavy (non-hydrogen) atoms. The van der Waals surface area contributed by atoms with E-state index in [0.29, 0.717) is 6.04 Å². The third kappa shape index (κ3) is 10.6. The van der Waals surface area contributed by atoms with Crippen molar-refractivity contribution < 1.29 is 4.84 Å². The number of rotatable bonds is 17. The fourth-order valence-corrected chi connectivity index (χ4v) is 5.52. The average molecular weight is 439 g/mol. The molecule has 0 N–H and O–H groups in total. The molecule has 3 heteroatoms. The topological polar surface area (TPSA) is 15.7 Å². The number of hydrogen-bond acceptors (Lipinski definition) is 3. The quantitative estimate of drug-likeness (QED) is 0.213. The molecule has 0 aromatic carbocycles. The maximum Gasteiger partial charge on any atom is 0.0685 e. The molecule has 1 saturated heterocycles. The van der Waals surface area contributed by atoms with Crippen molar-refractivity contribution in [2.75, 3.05) is 19.7 Å². The van der Waals surface area contributed by atoms with Gasteiger partial charge in [0.25, 0.3) is 0 Å². The number of hydrogen-bond donors (Lipinski definition) is 0. The maximum atomic E-state index is 6.48. The minimum absolute atomic E-state index is 0.0759. The second-order valence-corrected chi connectivity index (χ2v) is 11.7. The third-order valence-electron chi connectivity index (χ3n) is 7.35. The molecule has 0 radical (unpaired) electrons. The summed E-state index contributed by atoms with van der Waals surface area (Å²) in [5, 5.41) is 2.37. The van der Waals surface area contributed by atoms with E-state index in [2.05, 4.69) is 65.4 Å². The molecule has 1 atom stereocenters. The van der Waals surface area contributed by atoms with Crippen LogP contribution in [-0.2, 0) is 4.84 Å². The summed E-state index contributed by atoms with van der Waals surface area (Å²) >= 11 is 0. The molecule has 0 aromatic rings. The fraction of sp³-hybridized carbons (Fsp3) is 1.00. The van der Waals surface area contributed by atoms with Crippen LogP contribution in [0.2, 0.25) is 0 Å². The molecular weight excluding hydrogens is 380 g/mol. The normalized spacial score (nSPS) is 20.4. The monoisotopic (exact) mass is 438 g/mol. The summed E-state index contributed by atoms with van der Waals surface area (Å²) in [7, 11) is 0. The van der Waals surface area contributed by atoms with Gasteiger partial charge in [-0.3, -0.25) is 9.74 Å². The van der Waals surface area contributed by atoms with Crippen molar-refractivity contribution in [3.8, 4) is 0 Å². The van der Waals surface area contributed by atoms with Gasteiger partial charge in [0.2, 0.25) is 0 Å². The molecule has 3 nitrogen and oxygen atoms in total. The van der Waals surface area contributed by atoms with E-state index >= 15 is 0 Å². The molecule has 0 aliphatic carbocycles. The van der Waals surface area contributed by atoms with E-state index in [1.54, 1.807) is 0 Å². The largest absolute Gasteiger partial charge is 0.300 e.